The first-order valence-corrected chi connectivity index (χ1v) is 20.8. The predicted octanol–water partition coefficient (Wildman–Crippen LogP) is 7.26. The van der Waals surface area contributed by atoms with Gasteiger partial charge >= 0.3 is 225 Å². The van der Waals surface area contributed by atoms with Gasteiger partial charge in [-0.3, -0.25) is 0 Å². The van der Waals surface area contributed by atoms with Crippen molar-refractivity contribution in [1.82, 2.24) is 0 Å². The van der Waals surface area contributed by atoms with Crippen molar-refractivity contribution in [2.24, 2.45) is 0 Å². The first kappa shape index (κ1) is 23.8. The van der Waals surface area contributed by atoms with Crippen molar-refractivity contribution in [2.45, 2.75) is 37.7 Å². The molecule has 0 heterocycles. The van der Waals surface area contributed by atoms with Crippen LogP contribution in [0.25, 0.3) is 11.1 Å². The van der Waals surface area contributed by atoms with Crippen molar-refractivity contribution >= 4 is 15.8 Å². The average Bonchev–Trinajstić information content (AvgIpc) is 3.49. The fraction of sp³-hybridized carbons (Fsp3) is 0.176. The maximum atomic E-state index is 2.52. The fourth-order valence-electron chi connectivity index (χ4n) is 6.03. The monoisotopic (exact) mass is 558 g/mol. The van der Waals surface area contributed by atoms with E-state index in [1.807, 2.05) is 0 Å². The molecule has 0 amide bonds. The molecule has 0 saturated heterocycles. The van der Waals surface area contributed by atoms with Gasteiger partial charge in [-0.25, -0.2) is 0 Å². The minimum atomic E-state index is -2.39. The van der Waals surface area contributed by atoms with Gasteiger partial charge in [-0.1, -0.05) is 0 Å². The zero-order chi connectivity index (χ0) is 24.8. The maximum absolute atomic E-state index is 2.52. The molecule has 0 N–H and O–H groups in total. The van der Waals surface area contributed by atoms with E-state index in [9.17, 15) is 0 Å². The summed E-state index contributed by atoms with van der Waals surface area (Å²) in [5.74, 6) is 0. The molecule has 0 saturated carbocycles. The van der Waals surface area contributed by atoms with E-state index in [-0.39, 0.29) is 0 Å². The molecule has 0 bridgehead atoms. The Bertz CT molecular complexity index is 1500. The summed E-state index contributed by atoms with van der Waals surface area (Å²) < 4.78 is 2.33. The topological polar surface area (TPSA) is 0 Å². The van der Waals surface area contributed by atoms with Crippen LogP contribution in [0.4, 0.5) is 0 Å². The molecule has 0 atom stereocenters. The molecule has 36 heavy (non-hydrogen) atoms. The summed E-state index contributed by atoms with van der Waals surface area (Å²) in [5, 5.41) is 3.20. The SMILES string of the molecule is Cc1cccc([Si](c2cccc(C)c2)=[Zr]([C]2=CC=CC2)[CH]2c3cc(C)ccc3-c3ccc(C)cc32)c1. The third-order valence-electron chi connectivity index (χ3n) is 7.62. The average molecular weight is 560 g/mol. The zero-order valence-corrected chi connectivity index (χ0v) is 25.1. The summed E-state index contributed by atoms with van der Waals surface area (Å²) in [5.41, 5.74) is 10.7. The van der Waals surface area contributed by atoms with Gasteiger partial charge in [0.05, 0.1) is 0 Å². The van der Waals surface area contributed by atoms with Gasteiger partial charge in [0.2, 0.25) is 0 Å². The van der Waals surface area contributed by atoms with E-state index < -0.39 is 25.8 Å². The summed E-state index contributed by atoms with van der Waals surface area (Å²) in [7, 11) is 0. The molecule has 0 spiro atoms. The zero-order valence-electron chi connectivity index (χ0n) is 21.6. The number of hydrogen-bond acceptors (Lipinski definition) is 0. The standard InChI is InChI=1S/C15H13.C14H14Si.C5H5.Zr/c1-10-3-5-14-12(7-10)9-13-8-11(2)4-6-15(13)14;1-11-5-3-7-13(9-11)15-14-8-4-6-12(2)10-14;1-2-4-5-3-1;/h3-9H,1-2H3;3-10H,1-2H3;1-3H,4H2;. The van der Waals surface area contributed by atoms with Gasteiger partial charge in [0.1, 0.15) is 0 Å². The van der Waals surface area contributed by atoms with E-state index in [1.54, 1.807) is 24.8 Å². The number of fused-ring (bicyclic) bond motifs is 3. The molecule has 2 aliphatic carbocycles. The van der Waals surface area contributed by atoms with Crippen LogP contribution in [-0.4, -0.2) is 5.43 Å². The Balaban J connectivity index is 1.75. The summed E-state index contributed by atoms with van der Waals surface area (Å²) in [4.78, 5) is 0. The number of benzene rings is 4. The Hall–Kier alpha value is -2.54. The van der Waals surface area contributed by atoms with Crippen LogP contribution in [0.1, 0.15) is 43.4 Å². The molecular formula is C34H32SiZr. The van der Waals surface area contributed by atoms with Crippen molar-refractivity contribution in [1.29, 1.82) is 0 Å². The second-order valence-electron chi connectivity index (χ2n) is 10.5. The van der Waals surface area contributed by atoms with Crippen LogP contribution in [-0.2, 0) is 20.4 Å². The first-order valence-electron chi connectivity index (χ1n) is 13.0. The van der Waals surface area contributed by atoms with E-state index in [4.69, 9.17) is 0 Å². The van der Waals surface area contributed by atoms with Gasteiger partial charge < -0.3 is 0 Å². The van der Waals surface area contributed by atoms with Crippen molar-refractivity contribution < 1.29 is 20.4 Å². The van der Waals surface area contributed by atoms with Crippen molar-refractivity contribution in [2.75, 3.05) is 0 Å². The van der Waals surface area contributed by atoms with Gasteiger partial charge in [-0.15, -0.1) is 0 Å². The van der Waals surface area contributed by atoms with Crippen LogP contribution in [0.15, 0.2) is 106 Å². The van der Waals surface area contributed by atoms with Crippen LogP contribution in [0, 0.1) is 27.7 Å². The molecule has 2 heteroatoms. The molecule has 4 aromatic rings. The van der Waals surface area contributed by atoms with E-state index in [0.717, 1.165) is 6.42 Å². The molecule has 0 aliphatic heterocycles. The predicted molar refractivity (Wildman–Crippen MR) is 152 cm³/mol. The fourth-order valence-corrected chi connectivity index (χ4v) is 28.3. The minimum absolute atomic E-state index is 0.554. The Kier molecular flexibility index (Phi) is 6.44. The van der Waals surface area contributed by atoms with E-state index in [0.29, 0.717) is 3.63 Å². The Labute approximate surface area is 223 Å². The molecular weight excluding hydrogens is 528 g/mol. The Morgan fingerprint density at radius 1 is 0.639 bits per heavy atom. The van der Waals surface area contributed by atoms with Crippen LogP contribution in [0.2, 0.25) is 0 Å². The number of aryl methyl sites for hydroxylation is 4. The molecule has 0 unspecified atom stereocenters. The number of allylic oxidation sites excluding steroid dienone is 4. The third kappa shape index (κ3) is 4.29. The van der Waals surface area contributed by atoms with Gasteiger partial charge in [-0.05, 0) is 0 Å². The second kappa shape index (κ2) is 9.73. The molecule has 0 nitrogen and oxygen atoms in total. The van der Waals surface area contributed by atoms with E-state index in [2.05, 4.69) is 131 Å². The normalized spacial score (nSPS) is 13.9. The van der Waals surface area contributed by atoms with Crippen LogP contribution in [0.3, 0.4) is 0 Å². The summed E-state index contributed by atoms with van der Waals surface area (Å²) in [6.45, 7) is 9.03. The third-order valence-corrected chi connectivity index (χ3v) is 27.3. The summed E-state index contributed by atoms with van der Waals surface area (Å²) in [6, 6.07) is 33.4. The van der Waals surface area contributed by atoms with Gasteiger partial charge in [0.15, 0.2) is 0 Å². The van der Waals surface area contributed by atoms with Crippen molar-refractivity contribution in [3.8, 4) is 11.1 Å². The number of rotatable bonds is 4. The van der Waals surface area contributed by atoms with Crippen molar-refractivity contribution in [3.05, 3.63) is 140 Å². The van der Waals surface area contributed by atoms with E-state index >= 15 is 0 Å². The molecule has 2 aliphatic rings. The van der Waals surface area contributed by atoms with Crippen LogP contribution >= 0.6 is 0 Å². The Morgan fingerprint density at radius 2 is 1.17 bits per heavy atom. The van der Waals surface area contributed by atoms with Gasteiger partial charge in [-0.2, -0.15) is 0 Å². The summed E-state index contributed by atoms with van der Waals surface area (Å²) in [6.07, 6.45) is 8.36. The quantitative estimate of drug-likeness (QED) is 0.231. The van der Waals surface area contributed by atoms with Gasteiger partial charge in [0, 0.05) is 0 Å². The molecule has 4 aromatic carbocycles. The molecule has 0 radical (unpaired) electrons. The van der Waals surface area contributed by atoms with Crippen molar-refractivity contribution in [3.63, 3.8) is 0 Å². The molecule has 176 valence electrons. The second-order valence-corrected chi connectivity index (χ2v) is 24.3. The van der Waals surface area contributed by atoms with Crippen LogP contribution in [0.5, 0.6) is 0 Å². The molecule has 0 fully saturated rings. The van der Waals surface area contributed by atoms with Gasteiger partial charge in [0.25, 0.3) is 0 Å². The molecule has 6 rings (SSSR count). The van der Waals surface area contributed by atoms with E-state index in [1.165, 1.54) is 33.4 Å². The number of hydrogen-bond donors (Lipinski definition) is 0. The first-order chi connectivity index (χ1) is 17.5. The van der Waals surface area contributed by atoms with Crippen LogP contribution < -0.4 is 10.4 Å². The Morgan fingerprint density at radius 3 is 1.64 bits per heavy atom. The summed E-state index contributed by atoms with van der Waals surface area (Å²) >= 11 is -2.39. The molecule has 0 aromatic heterocycles.